The third-order valence-electron chi connectivity index (χ3n) is 25.8. The first-order valence-corrected chi connectivity index (χ1v) is 351. The van der Waals surface area contributed by atoms with Crippen molar-refractivity contribution in [3.05, 3.63) is 306 Å². The van der Waals surface area contributed by atoms with Crippen molar-refractivity contribution < 1.29 is 0 Å². The molecular formula is C93H89BI50N4. The Bertz CT molecular complexity index is 6400. The average molecular weight is 7620 g/mol. The van der Waals surface area contributed by atoms with E-state index in [1.165, 1.54) is 186 Å². The van der Waals surface area contributed by atoms with Crippen LogP contribution in [0.4, 0.5) is 56.9 Å². The number of nitrogens with zero attached hydrogens (tertiary/aromatic N) is 4. The van der Waals surface area contributed by atoms with Gasteiger partial charge in [-0.25, -0.2) is 0 Å². The van der Waals surface area contributed by atoms with Crippen molar-refractivity contribution in [1.29, 1.82) is 0 Å². The van der Waals surface area contributed by atoms with Crippen LogP contribution in [0, 0.1) is 27.7 Å². The zero-order valence-electron chi connectivity index (χ0n) is 76.4. The van der Waals surface area contributed by atoms with Gasteiger partial charge in [0.25, 0.3) is 6.71 Å². The second kappa shape index (κ2) is 70.0. The molecule has 4 atom stereocenters. The molecule has 55 heteroatoms. The molecule has 4 heterocycles. The van der Waals surface area contributed by atoms with Crippen molar-refractivity contribution in [3.8, 4) is 44.5 Å². The number of halogens is 50. The number of aryl methyl sites for hydroxylation is 4. The fourth-order valence-electron chi connectivity index (χ4n) is 19.4. The summed E-state index contributed by atoms with van der Waals surface area (Å²) < 4.78 is 0. The van der Waals surface area contributed by atoms with Crippen molar-refractivity contribution in [3.63, 3.8) is 0 Å². The predicted molar refractivity (Wildman–Crippen MR) is 1120 cm³/mol. The molecule has 2 fully saturated rings. The number of anilines is 10. The van der Waals surface area contributed by atoms with Crippen LogP contribution < -0.4 is 36.0 Å². The molecule has 2 aliphatic carbocycles. The Kier molecular flexibility index (Phi) is 69.8. The second-order valence-electron chi connectivity index (χ2n) is 33.7. The van der Waals surface area contributed by atoms with Gasteiger partial charge < -0.3 is 19.6 Å². The van der Waals surface area contributed by atoms with E-state index in [9.17, 15) is 0 Å². The van der Waals surface area contributed by atoms with Crippen LogP contribution in [-0.2, 0) is 10.8 Å². The Morgan fingerprint density at radius 1 is 0.243 bits per heavy atom. The number of benzene rings is 12. The zero-order valence-corrected chi connectivity index (χ0v) is 184. The van der Waals surface area contributed by atoms with Crippen molar-refractivity contribution in [2.45, 2.75) is 136 Å². The minimum atomic E-state index is -0.577. The van der Waals surface area contributed by atoms with Crippen molar-refractivity contribution in [2.75, 3.05) is 19.6 Å². The normalized spacial score (nSPS) is 19.8. The van der Waals surface area contributed by atoms with E-state index in [2.05, 4.69) is 832 Å². The minimum absolute atomic E-state index is 0. The van der Waals surface area contributed by atoms with Gasteiger partial charge >= 0.3 is 673 Å². The molecule has 0 radical (unpaired) electrons. The summed E-state index contributed by atoms with van der Waals surface area (Å²) in [6.07, 6.45) is 10.0. The summed E-state index contributed by atoms with van der Waals surface area (Å²) in [6, 6.07) is 102. The topological polar surface area (TPSA) is 13.0 Å². The molecule has 12 aromatic carbocycles. The van der Waals surface area contributed by atoms with E-state index in [4.69, 9.17) is 0 Å². The Morgan fingerprint density at radius 2 is 0.554 bits per heavy atom. The van der Waals surface area contributed by atoms with Gasteiger partial charge in [0.15, 0.2) is 0 Å². The van der Waals surface area contributed by atoms with Crippen LogP contribution in [0.15, 0.2) is 273 Å². The number of fused-ring (bicyclic) bond motifs is 10. The summed E-state index contributed by atoms with van der Waals surface area (Å²) in [6.45, 7) is 19.4. The van der Waals surface area contributed by atoms with Crippen LogP contribution in [0.3, 0.4) is 0 Å². The summed E-state index contributed by atoms with van der Waals surface area (Å²) in [5.74, 6) is 0. The maximum absolute atomic E-state index is 3.39. The van der Waals surface area contributed by atoms with E-state index >= 15 is 0 Å². The van der Waals surface area contributed by atoms with Crippen LogP contribution >= 0.6 is 673 Å². The first kappa shape index (κ1) is 148. The zero-order chi connectivity index (χ0) is 106. The van der Waals surface area contributed by atoms with E-state index in [1.807, 2.05) is 0 Å². The van der Waals surface area contributed by atoms with Gasteiger partial charge in [-0.15, -0.1) is 0 Å². The Balaban J connectivity index is 0.000000166. The van der Waals surface area contributed by atoms with E-state index in [1.54, 1.807) is 5.56 Å². The standard InChI is InChI=1S/C46H41BN2.C46H44N2.CH4.I50/c1-30-25-37-44-39(26-30)47-38-29-35(33-15-9-6-10-16-33)19-22-40(38)48(36-20-17-34(18-21-36)32-13-7-5-8-14-32)41-27-31(2)28-42(43(41)47)49(44)46(4)24-12-11-23-45(37,46)3;1-33-17-26-44-43(31-33)45(3)27-11-12-28-46(45,4)48(44)42-30-34(2)29-41(32-42)47(39-22-18-37(19-23-39)35-13-7-5-8-14-35)40-24-20-38(21-25-40)36-15-9-6-10-16-36;;1-27(2)29(5)31(7)33(9)35(11)37(13)39(15)41(17)43(19)45(21)47(23)49(25)50(26)48(24)46(22)44(20)42(18)40(16)38(14)36(12)34(10)32(8)30(6)28(3)4/h5-10,13-22,25-29H,11-12,23-24H2,1-4H3;5-10,13-26,29-32H,11-12,27-28H2,1-4H3;1H4;. The van der Waals surface area contributed by atoms with Gasteiger partial charge in [-0.05, 0) is 229 Å². The molecule has 4 unspecified atom stereocenters. The molecule has 12 aromatic rings. The molecule has 0 aromatic heterocycles. The third kappa shape index (κ3) is 35.4. The monoisotopic (exact) mass is 7620 g/mol. The van der Waals surface area contributed by atoms with Crippen LogP contribution in [0.1, 0.15) is 120 Å². The molecule has 4 nitrogen and oxygen atoms in total. The van der Waals surface area contributed by atoms with Gasteiger partial charge in [0, 0.05) is 67.7 Å². The third-order valence-corrected chi connectivity index (χ3v) is 3830. The fourth-order valence-corrected chi connectivity index (χ4v) is 9240. The van der Waals surface area contributed by atoms with Crippen LogP contribution in [0.5, 0.6) is 0 Å². The average Bonchev–Trinajstić information content (AvgIpc) is 1.49. The van der Waals surface area contributed by atoms with Crippen LogP contribution in [0.2, 0.25) is 0 Å². The molecule has 2 saturated carbocycles. The molecule has 18 rings (SSSR count). The number of hydrogen-bond acceptors (Lipinski definition) is 4. The summed E-state index contributed by atoms with van der Waals surface area (Å²) in [5, 5.41) is 0. The van der Waals surface area contributed by atoms with Gasteiger partial charge in [-0.1, -0.05) is 252 Å². The molecule has 0 saturated heterocycles. The van der Waals surface area contributed by atoms with Gasteiger partial charge in [0.1, 0.15) is 0 Å². The van der Waals surface area contributed by atoms with Crippen LogP contribution in [0.25, 0.3) is 44.5 Å². The summed E-state index contributed by atoms with van der Waals surface area (Å²) in [7, 11) is -12.8. The molecule has 0 spiro atoms. The van der Waals surface area contributed by atoms with E-state index < -0.39 is 189 Å². The Labute approximate surface area is 1210 Å². The summed E-state index contributed by atoms with van der Waals surface area (Å²) in [4.78, 5) is 10.5. The Morgan fingerprint density at radius 3 is 0.946 bits per heavy atom. The summed E-state index contributed by atoms with van der Waals surface area (Å²) >= 11 is 84.9. The first-order chi connectivity index (χ1) is 69.9. The molecule has 834 valence electrons. The first-order valence-electron chi connectivity index (χ1n) is 42.6. The number of hydrogen-bond donors (Lipinski definition) is 0. The molecule has 4 aliphatic heterocycles. The van der Waals surface area contributed by atoms with Crippen molar-refractivity contribution in [1.82, 2.24) is 0 Å². The van der Waals surface area contributed by atoms with E-state index in [0.29, 0.717) is 0 Å². The molecule has 6 aliphatic rings. The van der Waals surface area contributed by atoms with Gasteiger partial charge in [0.2, 0.25) is 0 Å². The van der Waals surface area contributed by atoms with Crippen molar-refractivity contribution in [2.24, 2.45) is 0 Å². The molecular weight excluding hydrogens is 7530 g/mol. The molecule has 0 bridgehead atoms. The SMILES string of the molecule is C.Cc1cc(N(c2ccc(-c3ccccc3)cc2)c2ccc(-c3ccccc3)cc2)cc(N2c3ccc(C)cc3C3(C)CCCCC23C)c1.Cc1cc2c3c(c1)N1c4c(cc(C)cc4C4(C)CCCCC14C)B3c1cc(-c3ccccc3)ccc1N2c1ccc(-c2ccccc2)cc1.II(I)I(I)I(I)I(I)I(I)I(I)I(I)I(I)I(I)I(I)I(I)I(I)I(I)I(I)I(I)I(I)I(I)I(I)I(I)I(I)I(I)I(I)I(I)I(I)I. The van der Waals surface area contributed by atoms with E-state index in [-0.39, 0.29) is 36.0 Å². The summed E-state index contributed by atoms with van der Waals surface area (Å²) in [5.41, 5.74) is 35.7. The predicted octanol–water partition coefficient (Wildman–Crippen LogP) is 67.8. The Hall–Kier alpha value is 26.4. The molecule has 148 heavy (non-hydrogen) atoms. The quantitative estimate of drug-likeness (QED) is 0.0308. The second-order valence-corrected chi connectivity index (χ2v) is 1200. The molecule has 0 amide bonds. The number of rotatable bonds is 32. The van der Waals surface area contributed by atoms with Crippen LogP contribution in [-0.4, -0.2) is 17.8 Å². The van der Waals surface area contributed by atoms with Gasteiger partial charge in [-0.2, -0.15) is 0 Å². The van der Waals surface area contributed by atoms with Gasteiger partial charge in [-0.3, -0.25) is 0 Å². The van der Waals surface area contributed by atoms with Gasteiger partial charge in [0.05, 0.1) is 11.1 Å². The van der Waals surface area contributed by atoms with Crippen molar-refractivity contribution >= 4 is 753 Å². The van der Waals surface area contributed by atoms with E-state index in [0.717, 1.165) is 11.4 Å². The fraction of sp³-hybridized carbons (Fsp3) is 0.226. The molecule has 0 N–H and O–H groups in total. The maximum atomic E-state index is 3.39.